The van der Waals surface area contributed by atoms with Crippen molar-refractivity contribution in [2.75, 3.05) is 6.26 Å². The molecule has 6 heteroatoms. The molecule has 3 nitrogen and oxygen atoms in total. The molecule has 0 saturated heterocycles. The second-order valence-corrected chi connectivity index (χ2v) is 7.51. The van der Waals surface area contributed by atoms with Crippen LogP contribution in [0.2, 0.25) is 0 Å². The third kappa shape index (κ3) is 3.98. The van der Waals surface area contributed by atoms with Gasteiger partial charge in [-0.25, -0.2) is 12.8 Å². The summed E-state index contributed by atoms with van der Waals surface area (Å²) in [5, 5.41) is 0. The van der Waals surface area contributed by atoms with Gasteiger partial charge in [0.05, 0.1) is 4.90 Å². The zero-order valence-corrected chi connectivity index (χ0v) is 13.5. The number of hydrogen-bond acceptors (Lipinski definition) is 3. The molecule has 0 N–H and O–H groups in total. The van der Waals surface area contributed by atoms with Gasteiger partial charge in [-0.1, -0.05) is 34.1 Å². The minimum absolute atomic E-state index is 0.0636. The van der Waals surface area contributed by atoms with E-state index in [1.165, 1.54) is 36.4 Å². The van der Waals surface area contributed by atoms with Crippen molar-refractivity contribution in [3.05, 3.63) is 63.9 Å². The third-order valence-corrected chi connectivity index (χ3v) is 4.80. The van der Waals surface area contributed by atoms with E-state index in [0.29, 0.717) is 15.6 Å². The van der Waals surface area contributed by atoms with Crippen molar-refractivity contribution in [3.8, 4) is 0 Å². The zero-order chi connectivity index (χ0) is 15.6. The highest BCUT2D eigenvalue weighted by Gasteiger charge is 2.13. The Morgan fingerprint density at radius 3 is 2.52 bits per heavy atom. The number of halogens is 2. The zero-order valence-electron chi connectivity index (χ0n) is 11.1. The second-order valence-electron chi connectivity index (χ2n) is 4.64. The van der Waals surface area contributed by atoms with Crippen LogP contribution in [0.15, 0.2) is 51.8 Å². The molecule has 0 aromatic heterocycles. The highest BCUT2D eigenvalue weighted by Crippen LogP contribution is 2.20. The average molecular weight is 371 g/mol. The van der Waals surface area contributed by atoms with E-state index >= 15 is 0 Å². The molecule has 110 valence electrons. The van der Waals surface area contributed by atoms with Crippen LogP contribution in [-0.2, 0) is 16.3 Å². The average Bonchev–Trinajstić information content (AvgIpc) is 2.41. The Labute approximate surface area is 130 Å². The molecule has 0 spiro atoms. The van der Waals surface area contributed by atoms with Crippen LogP contribution in [0.5, 0.6) is 0 Å². The Hall–Kier alpha value is -1.53. The molecule has 2 aromatic rings. The number of ketones is 1. The van der Waals surface area contributed by atoms with E-state index in [0.717, 1.165) is 6.26 Å². The van der Waals surface area contributed by atoms with Gasteiger partial charge in [0, 0.05) is 22.7 Å². The van der Waals surface area contributed by atoms with Gasteiger partial charge >= 0.3 is 0 Å². The molecular formula is C15H12BrFO3S. The Balaban J connectivity index is 2.29. The number of hydrogen-bond donors (Lipinski definition) is 0. The van der Waals surface area contributed by atoms with Crippen molar-refractivity contribution in [3.63, 3.8) is 0 Å². The molecule has 0 saturated carbocycles. The molecule has 0 amide bonds. The van der Waals surface area contributed by atoms with Gasteiger partial charge in [0.1, 0.15) is 5.82 Å². The Morgan fingerprint density at radius 2 is 1.90 bits per heavy atom. The minimum atomic E-state index is -3.36. The van der Waals surface area contributed by atoms with Crippen molar-refractivity contribution >= 4 is 31.6 Å². The predicted molar refractivity (Wildman–Crippen MR) is 81.7 cm³/mol. The molecule has 2 aromatic carbocycles. The predicted octanol–water partition coefficient (Wildman–Crippen LogP) is 3.42. The van der Waals surface area contributed by atoms with Gasteiger partial charge in [-0.3, -0.25) is 4.79 Å². The minimum Gasteiger partial charge on any atom is -0.294 e. The van der Waals surface area contributed by atoms with E-state index in [1.54, 1.807) is 6.07 Å². The van der Waals surface area contributed by atoms with Crippen LogP contribution in [0.3, 0.4) is 0 Å². The molecule has 0 aliphatic carbocycles. The molecule has 2 rings (SSSR count). The first-order valence-electron chi connectivity index (χ1n) is 6.04. The molecule has 0 unspecified atom stereocenters. The van der Waals surface area contributed by atoms with E-state index in [-0.39, 0.29) is 17.1 Å². The highest BCUT2D eigenvalue weighted by molar-refractivity contribution is 9.10. The summed E-state index contributed by atoms with van der Waals surface area (Å²) in [4.78, 5) is 12.3. The topological polar surface area (TPSA) is 51.2 Å². The van der Waals surface area contributed by atoms with Gasteiger partial charge in [0.2, 0.25) is 0 Å². The first-order valence-corrected chi connectivity index (χ1v) is 8.73. The number of sulfone groups is 1. The van der Waals surface area contributed by atoms with Gasteiger partial charge in [-0.2, -0.15) is 0 Å². The summed E-state index contributed by atoms with van der Waals surface area (Å²) in [5.74, 6) is -0.620. The van der Waals surface area contributed by atoms with Crippen molar-refractivity contribution in [1.29, 1.82) is 0 Å². The molecular weight excluding hydrogens is 359 g/mol. The lowest BCUT2D eigenvalue weighted by Crippen LogP contribution is -2.06. The molecule has 21 heavy (non-hydrogen) atoms. The molecule has 0 radical (unpaired) electrons. The van der Waals surface area contributed by atoms with E-state index in [2.05, 4.69) is 15.9 Å². The Kier molecular flexibility index (Phi) is 4.58. The standard InChI is InChI=1S/C15H12BrFO3S/c1-21(19,20)13-4-2-3-11(7-13)15(18)8-10-5-6-12(17)9-14(10)16/h2-7,9H,8H2,1H3. The monoisotopic (exact) mass is 370 g/mol. The van der Waals surface area contributed by atoms with Gasteiger partial charge in [-0.05, 0) is 29.8 Å². The van der Waals surface area contributed by atoms with E-state index in [9.17, 15) is 17.6 Å². The van der Waals surface area contributed by atoms with Crippen LogP contribution in [0, 0.1) is 5.82 Å². The van der Waals surface area contributed by atoms with Crippen molar-refractivity contribution < 1.29 is 17.6 Å². The van der Waals surface area contributed by atoms with Crippen LogP contribution < -0.4 is 0 Å². The summed E-state index contributed by atoms with van der Waals surface area (Å²) in [6.07, 6.45) is 1.15. The maximum atomic E-state index is 13.0. The SMILES string of the molecule is CS(=O)(=O)c1cccc(C(=O)Cc2ccc(F)cc2Br)c1. The number of Topliss-reactive ketones (excluding diaryl/α,β-unsaturated/α-hetero) is 1. The summed E-state index contributed by atoms with van der Waals surface area (Å²) >= 11 is 3.21. The maximum Gasteiger partial charge on any atom is 0.175 e. The van der Waals surface area contributed by atoms with Gasteiger partial charge in [-0.15, -0.1) is 0 Å². The fraction of sp³-hybridized carbons (Fsp3) is 0.133. The van der Waals surface area contributed by atoms with Crippen molar-refractivity contribution in [2.24, 2.45) is 0 Å². The highest BCUT2D eigenvalue weighted by atomic mass is 79.9. The van der Waals surface area contributed by atoms with E-state index in [1.807, 2.05) is 0 Å². The van der Waals surface area contributed by atoms with Crippen molar-refractivity contribution in [2.45, 2.75) is 11.3 Å². The fourth-order valence-electron chi connectivity index (χ4n) is 1.84. The van der Waals surface area contributed by atoms with Crippen LogP contribution >= 0.6 is 15.9 Å². The lowest BCUT2D eigenvalue weighted by atomic mass is 10.0. The van der Waals surface area contributed by atoms with Crippen LogP contribution in [0.4, 0.5) is 4.39 Å². The fourth-order valence-corrected chi connectivity index (χ4v) is 3.00. The van der Waals surface area contributed by atoms with Gasteiger partial charge in [0.15, 0.2) is 15.6 Å². The van der Waals surface area contributed by atoms with E-state index < -0.39 is 15.7 Å². The number of benzene rings is 2. The van der Waals surface area contributed by atoms with Gasteiger partial charge < -0.3 is 0 Å². The quantitative estimate of drug-likeness (QED) is 0.774. The summed E-state index contributed by atoms with van der Waals surface area (Å²) in [6.45, 7) is 0. The summed E-state index contributed by atoms with van der Waals surface area (Å²) in [6, 6.07) is 9.99. The number of rotatable bonds is 4. The summed E-state index contributed by atoms with van der Waals surface area (Å²) in [7, 11) is -3.36. The largest absolute Gasteiger partial charge is 0.294 e. The molecule has 0 aliphatic rings. The van der Waals surface area contributed by atoms with Crippen LogP contribution in [-0.4, -0.2) is 20.5 Å². The molecule has 0 atom stereocenters. The Morgan fingerprint density at radius 1 is 1.19 bits per heavy atom. The second kappa shape index (κ2) is 6.07. The lowest BCUT2D eigenvalue weighted by Gasteiger charge is -2.06. The van der Waals surface area contributed by atoms with Crippen molar-refractivity contribution in [1.82, 2.24) is 0 Å². The first-order chi connectivity index (χ1) is 9.77. The maximum absolute atomic E-state index is 13.0. The van der Waals surface area contributed by atoms with E-state index in [4.69, 9.17) is 0 Å². The number of carbonyl (C=O) groups excluding carboxylic acids is 1. The normalized spacial score (nSPS) is 11.4. The number of carbonyl (C=O) groups is 1. The lowest BCUT2D eigenvalue weighted by molar-refractivity contribution is 0.0992. The van der Waals surface area contributed by atoms with Crippen LogP contribution in [0.1, 0.15) is 15.9 Å². The molecule has 0 bridgehead atoms. The Bertz CT molecular complexity index is 800. The summed E-state index contributed by atoms with van der Waals surface area (Å²) < 4.78 is 36.5. The molecule has 0 heterocycles. The summed E-state index contributed by atoms with van der Waals surface area (Å²) in [5.41, 5.74) is 0.959. The van der Waals surface area contributed by atoms with Gasteiger partial charge in [0.25, 0.3) is 0 Å². The van der Waals surface area contributed by atoms with Crippen LogP contribution in [0.25, 0.3) is 0 Å². The molecule has 0 aliphatic heterocycles. The first kappa shape index (κ1) is 15.9. The smallest absolute Gasteiger partial charge is 0.175 e. The third-order valence-electron chi connectivity index (χ3n) is 2.95. The molecule has 0 fully saturated rings.